The van der Waals surface area contributed by atoms with Crippen LogP contribution in [-0.4, -0.2) is 29.7 Å². The number of aryl methyl sites for hydroxylation is 1. The van der Waals surface area contributed by atoms with Crippen molar-refractivity contribution in [2.75, 3.05) is 19.5 Å². The third-order valence-electron chi connectivity index (χ3n) is 6.17. The Kier molecular flexibility index (Phi) is 6.66. The predicted molar refractivity (Wildman–Crippen MR) is 143 cm³/mol. The van der Waals surface area contributed by atoms with Crippen LogP contribution < -0.4 is 25.0 Å². The number of fused-ring (bicyclic) bond motifs is 2. The summed E-state index contributed by atoms with van der Waals surface area (Å²) in [4.78, 5) is 30.3. The number of nitrogens with zero attached hydrogens (tertiary/aromatic N) is 2. The van der Waals surface area contributed by atoms with Crippen molar-refractivity contribution in [1.82, 2.24) is 9.55 Å². The van der Waals surface area contributed by atoms with Crippen molar-refractivity contribution in [3.05, 3.63) is 94.7 Å². The van der Waals surface area contributed by atoms with E-state index in [9.17, 15) is 14.0 Å². The summed E-state index contributed by atoms with van der Waals surface area (Å²) in [6.07, 6.45) is 3.13. The van der Waals surface area contributed by atoms with Gasteiger partial charge >= 0.3 is 0 Å². The second-order valence-corrected chi connectivity index (χ2v) is 8.43. The van der Waals surface area contributed by atoms with Gasteiger partial charge in [-0.05, 0) is 61.5 Å². The van der Waals surface area contributed by atoms with E-state index in [-0.39, 0.29) is 10.9 Å². The van der Waals surface area contributed by atoms with Gasteiger partial charge in [0.1, 0.15) is 22.9 Å². The summed E-state index contributed by atoms with van der Waals surface area (Å²) in [6.45, 7) is 2.39. The van der Waals surface area contributed by atoms with E-state index < -0.39 is 17.2 Å². The number of aromatic nitrogens is 2. The predicted octanol–water partition coefficient (Wildman–Crippen LogP) is 5.77. The molecular formula is C29H24FN3O5. The normalized spacial score (nSPS) is 10.9. The van der Waals surface area contributed by atoms with E-state index in [2.05, 4.69) is 10.3 Å². The van der Waals surface area contributed by atoms with E-state index in [0.717, 1.165) is 11.5 Å². The van der Waals surface area contributed by atoms with Crippen LogP contribution >= 0.6 is 0 Å². The number of methoxy groups -OCH3 is 2. The number of halogens is 1. The number of pyridine rings is 2. The van der Waals surface area contributed by atoms with Crippen LogP contribution in [0.3, 0.4) is 0 Å². The van der Waals surface area contributed by atoms with Crippen LogP contribution in [0.5, 0.6) is 23.0 Å². The quantitative estimate of drug-likeness (QED) is 0.297. The van der Waals surface area contributed by atoms with Gasteiger partial charge in [-0.15, -0.1) is 0 Å². The van der Waals surface area contributed by atoms with E-state index in [1.165, 1.54) is 18.3 Å². The van der Waals surface area contributed by atoms with Gasteiger partial charge in [0.15, 0.2) is 11.5 Å². The lowest BCUT2D eigenvalue weighted by molar-refractivity contribution is 0.102. The highest BCUT2D eigenvalue weighted by atomic mass is 19.1. The minimum absolute atomic E-state index is 0.0714. The molecule has 0 aliphatic heterocycles. The summed E-state index contributed by atoms with van der Waals surface area (Å²) in [5.41, 5.74) is 1.11. The fourth-order valence-electron chi connectivity index (χ4n) is 4.26. The molecule has 1 amide bonds. The minimum Gasteiger partial charge on any atom is -0.493 e. The Labute approximate surface area is 217 Å². The molecule has 0 aliphatic carbocycles. The summed E-state index contributed by atoms with van der Waals surface area (Å²) < 4.78 is 32.4. The summed E-state index contributed by atoms with van der Waals surface area (Å²) in [5, 5.41) is 3.63. The van der Waals surface area contributed by atoms with Crippen LogP contribution in [0.2, 0.25) is 0 Å². The number of ether oxygens (including phenoxy) is 3. The molecule has 0 atom stereocenters. The number of rotatable bonds is 7. The summed E-state index contributed by atoms with van der Waals surface area (Å²) in [5.74, 6) is 1.08. The average molecular weight is 514 g/mol. The smallest absolute Gasteiger partial charge is 0.261 e. The van der Waals surface area contributed by atoms with Gasteiger partial charge in [-0.25, -0.2) is 4.39 Å². The highest BCUT2D eigenvalue weighted by Gasteiger charge is 2.16. The molecule has 2 heterocycles. The van der Waals surface area contributed by atoms with Crippen LogP contribution in [-0.2, 0) is 6.54 Å². The number of anilines is 1. The maximum atomic E-state index is 13.8. The molecule has 8 nitrogen and oxygen atoms in total. The number of hydrogen-bond acceptors (Lipinski definition) is 6. The molecule has 0 unspecified atom stereocenters. The summed E-state index contributed by atoms with van der Waals surface area (Å²) >= 11 is 0. The first kappa shape index (κ1) is 24.8. The van der Waals surface area contributed by atoms with Gasteiger partial charge in [-0.2, -0.15) is 0 Å². The number of carbonyl (C=O) groups excluding carboxylic acids is 1. The fraction of sp³-hybridized carbons (Fsp3) is 0.138. The molecule has 5 rings (SSSR count). The molecule has 0 bridgehead atoms. The number of carbonyl (C=O) groups is 1. The molecule has 3 aromatic carbocycles. The maximum absolute atomic E-state index is 13.8. The van der Waals surface area contributed by atoms with Gasteiger partial charge in [0, 0.05) is 41.5 Å². The molecule has 0 fully saturated rings. The molecule has 2 aromatic heterocycles. The highest BCUT2D eigenvalue weighted by molar-refractivity contribution is 6.05. The molecule has 9 heteroatoms. The van der Waals surface area contributed by atoms with E-state index in [4.69, 9.17) is 14.2 Å². The molecule has 38 heavy (non-hydrogen) atoms. The number of benzene rings is 3. The molecule has 0 saturated carbocycles. The first-order valence-corrected chi connectivity index (χ1v) is 11.8. The first-order chi connectivity index (χ1) is 18.4. The number of hydrogen-bond donors (Lipinski definition) is 1. The van der Waals surface area contributed by atoms with Crippen LogP contribution in [0.1, 0.15) is 17.3 Å². The third-order valence-corrected chi connectivity index (χ3v) is 6.17. The molecular weight excluding hydrogens is 489 g/mol. The van der Waals surface area contributed by atoms with Gasteiger partial charge < -0.3 is 24.1 Å². The van der Waals surface area contributed by atoms with Crippen LogP contribution in [0.25, 0.3) is 21.8 Å². The maximum Gasteiger partial charge on any atom is 0.261 e. The third kappa shape index (κ3) is 4.61. The Morgan fingerprint density at radius 1 is 0.947 bits per heavy atom. The summed E-state index contributed by atoms with van der Waals surface area (Å²) in [6, 6.07) is 16.0. The molecule has 1 N–H and O–H groups in total. The van der Waals surface area contributed by atoms with Gasteiger partial charge in [-0.1, -0.05) is 0 Å². The van der Waals surface area contributed by atoms with Gasteiger partial charge in [0.05, 0.1) is 25.3 Å². The van der Waals surface area contributed by atoms with Crippen LogP contribution in [0, 0.1) is 5.82 Å². The van der Waals surface area contributed by atoms with E-state index >= 15 is 0 Å². The van der Waals surface area contributed by atoms with Crippen molar-refractivity contribution in [3.8, 4) is 23.0 Å². The zero-order chi connectivity index (χ0) is 26.8. The zero-order valence-corrected chi connectivity index (χ0v) is 20.9. The number of nitrogens with one attached hydrogen (secondary N) is 1. The van der Waals surface area contributed by atoms with Crippen LogP contribution in [0.4, 0.5) is 10.1 Å². The largest absolute Gasteiger partial charge is 0.493 e. The number of amides is 1. The molecule has 0 spiro atoms. The Morgan fingerprint density at radius 3 is 2.39 bits per heavy atom. The van der Waals surface area contributed by atoms with Crippen molar-refractivity contribution in [2.24, 2.45) is 0 Å². The topological polar surface area (TPSA) is 91.7 Å². The lowest BCUT2D eigenvalue weighted by atomic mass is 10.1. The van der Waals surface area contributed by atoms with Gasteiger partial charge in [0.2, 0.25) is 5.43 Å². The Bertz CT molecular complexity index is 1730. The molecule has 192 valence electrons. The Morgan fingerprint density at radius 2 is 1.68 bits per heavy atom. The molecule has 0 saturated heterocycles. The molecule has 0 aliphatic rings. The Hall–Kier alpha value is -4.92. The Balaban J connectivity index is 1.39. The second-order valence-electron chi connectivity index (χ2n) is 8.43. The zero-order valence-electron chi connectivity index (χ0n) is 20.9. The van der Waals surface area contributed by atoms with Crippen molar-refractivity contribution in [1.29, 1.82) is 0 Å². The molecule has 5 aromatic rings. The van der Waals surface area contributed by atoms with E-state index in [1.807, 2.05) is 6.92 Å². The highest BCUT2D eigenvalue weighted by Crippen LogP contribution is 2.37. The SMILES string of the molecule is CCn1cc(C(=O)Nc2ccc(Oc3ccnc4cc(OC)c(OC)cc34)cc2)c(=O)c2cc(F)ccc21. The van der Waals surface area contributed by atoms with Gasteiger partial charge in [0.25, 0.3) is 5.91 Å². The lowest BCUT2D eigenvalue weighted by Crippen LogP contribution is -2.24. The monoisotopic (exact) mass is 513 g/mol. The van der Waals surface area contributed by atoms with E-state index in [1.54, 1.807) is 67.4 Å². The van der Waals surface area contributed by atoms with Crippen molar-refractivity contribution < 1.29 is 23.4 Å². The lowest BCUT2D eigenvalue weighted by Gasteiger charge is -2.13. The van der Waals surface area contributed by atoms with Gasteiger partial charge in [-0.3, -0.25) is 14.6 Å². The second kappa shape index (κ2) is 10.2. The first-order valence-electron chi connectivity index (χ1n) is 11.8. The summed E-state index contributed by atoms with van der Waals surface area (Å²) in [7, 11) is 3.12. The van der Waals surface area contributed by atoms with Crippen molar-refractivity contribution in [2.45, 2.75) is 13.5 Å². The fourth-order valence-corrected chi connectivity index (χ4v) is 4.26. The minimum atomic E-state index is -0.585. The standard InChI is InChI=1S/C29H24FN3O5/c1-4-33-16-22(28(34)21-13-17(30)5-10-24(21)33)29(35)32-18-6-8-19(9-7-18)38-25-11-12-31-23-15-27(37-3)26(36-2)14-20(23)25/h5-16H,4H2,1-3H3,(H,32,35). The van der Waals surface area contributed by atoms with Crippen LogP contribution in [0.15, 0.2) is 77.9 Å². The van der Waals surface area contributed by atoms with Crippen molar-refractivity contribution >= 4 is 33.4 Å². The molecule has 0 radical (unpaired) electrons. The van der Waals surface area contributed by atoms with E-state index in [0.29, 0.717) is 46.3 Å². The van der Waals surface area contributed by atoms with Crippen molar-refractivity contribution in [3.63, 3.8) is 0 Å². The average Bonchev–Trinajstić information content (AvgIpc) is 2.93.